The van der Waals surface area contributed by atoms with Crippen molar-refractivity contribution in [2.45, 2.75) is 20.8 Å². The van der Waals surface area contributed by atoms with E-state index in [2.05, 4.69) is 27.9 Å². The van der Waals surface area contributed by atoms with Crippen molar-refractivity contribution in [3.63, 3.8) is 0 Å². The second-order valence-electron chi connectivity index (χ2n) is 4.74. The first-order valence-corrected chi connectivity index (χ1v) is 7.20. The average Bonchev–Trinajstić information content (AvgIpc) is 2.37. The van der Waals surface area contributed by atoms with Gasteiger partial charge in [-0.25, -0.2) is 0 Å². The molecule has 0 radical (unpaired) electrons. The number of anilines is 1. The molecule has 0 saturated carbocycles. The standard InChI is InChI=1S/C16H16INO/c1-10-4-5-12(3)15(8-10)18-16(19)13-7-6-11(2)14(17)9-13/h4-9H,1-3H3,(H,18,19). The fraction of sp³-hybridized carbons (Fsp3) is 0.188. The van der Waals surface area contributed by atoms with Gasteiger partial charge in [-0.1, -0.05) is 18.2 Å². The summed E-state index contributed by atoms with van der Waals surface area (Å²) in [5, 5.41) is 2.97. The highest BCUT2D eigenvalue weighted by atomic mass is 127. The molecule has 0 unspecified atom stereocenters. The molecule has 3 heteroatoms. The van der Waals surface area contributed by atoms with Gasteiger partial charge in [0.05, 0.1) is 0 Å². The normalized spacial score (nSPS) is 10.3. The molecule has 0 aliphatic heterocycles. The number of amides is 1. The zero-order chi connectivity index (χ0) is 14.0. The summed E-state index contributed by atoms with van der Waals surface area (Å²) in [6.45, 7) is 6.05. The van der Waals surface area contributed by atoms with Gasteiger partial charge >= 0.3 is 0 Å². The molecule has 0 heterocycles. The van der Waals surface area contributed by atoms with E-state index in [0.29, 0.717) is 5.56 Å². The van der Waals surface area contributed by atoms with Crippen LogP contribution in [-0.2, 0) is 0 Å². The van der Waals surface area contributed by atoms with Gasteiger partial charge < -0.3 is 5.32 Å². The summed E-state index contributed by atoms with van der Waals surface area (Å²) in [6, 6.07) is 11.8. The number of carbonyl (C=O) groups is 1. The molecule has 0 fully saturated rings. The van der Waals surface area contributed by atoms with E-state index in [0.717, 1.165) is 20.4 Å². The lowest BCUT2D eigenvalue weighted by Gasteiger charge is -2.10. The molecule has 0 aliphatic rings. The highest BCUT2D eigenvalue weighted by molar-refractivity contribution is 14.1. The van der Waals surface area contributed by atoms with Crippen LogP contribution in [0, 0.1) is 24.3 Å². The molecule has 0 atom stereocenters. The summed E-state index contributed by atoms with van der Waals surface area (Å²) in [7, 11) is 0. The highest BCUT2D eigenvalue weighted by Crippen LogP contribution is 2.19. The molecule has 1 N–H and O–H groups in total. The summed E-state index contributed by atoms with van der Waals surface area (Å²) in [5.41, 5.74) is 4.96. The molecule has 2 nitrogen and oxygen atoms in total. The Hall–Kier alpha value is -1.36. The third-order valence-electron chi connectivity index (χ3n) is 3.08. The van der Waals surface area contributed by atoms with Gasteiger partial charge in [0.1, 0.15) is 0 Å². The Balaban J connectivity index is 2.25. The van der Waals surface area contributed by atoms with Crippen LogP contribution >= 0.6 is 22.6 Å². The summed E-state index contributed by atoms with van der Waals surface area (Å²) >= 11 is 2.25. The van der Waals surface area contributed by atoms with Crippen LogP contribution in [0.15, 0.2) is 36.4 Å². The molecule has 0 spiro atoms. The number of aryl methyl sites for hydroxylation is 3. The minimum atomic E-state index is -0.0633. The Morgan fingerprint density at radius 1 is 1.00 bits per heavy atom. The maximum absolute atomic E-state index is 12.2. The third-order valence-corrected chi connectivity index (χ3v) is 4.24. The van der Waals surface area contributed by atoms with E-state index in [1.807, 2.05) is 57.2 Å². The summed E-state index contributed by atoms with van der Waals surface area (Å²) in [4.78, 5) is 12.2. The van der Waals surface area contributed by atoms with Crippen LogP contribution in [0.4, 0.5) is 5.69 Å². The Morgan fingerprint density at radius 2 is 1.68 bits per heavy atom. The Labute approximate surface area is 127 Å². The van der Waals surface area contributed by atoms with E-state index in [-0.39, 0.29) is 5.91 Å². The first-order valence-electron chi connectivity index (χ1n) is 6.12. The first kappa shape index (κ1) is 14.1. The zero-order valence-corrected chi connectivity index (χ0v) is 13.4. The van der Waals surface area contributed by atoms with Crippen molar-refractivity contribution in [2.75, 3.05) is 5.32 Å². The summed E-state index contributed by atoms with van der Waals surface area (Å²) < 4.78 is 1.10. The van der Waals surface area contributed by atoms with Crippen LogP contribution < -0.4 is 5.32 Å². The van der Waals surface area contributed by atoms with Crippen LogP contribution in [0.3, 0.4) is 0 Å². The molecule has 2 aromatic rings. The molecule has 0 aromatic heterocycles. The predicted octanol–water partition coefficient (Wildman–Crippen LogP) is 4.47. The zero-order valence-electron chi connectivity index (χ0n) is 11.3. The van der Waals surface area contributed by atoms with Crippen LogP contribution in [-0.4, -0.2) is 5.91 Å². The lowest BCUT2D eigenvalue weighted by atomic mass is 10.1. The van der Waals surface area contributed by atoms with Crippen LogP contribution in [0.2, 0.25) is 0 Å². The van der Waals surface area contributed by atoms with Crippen LogP contribution in [0.5, 0.6) is 0 Å². The van der Waals surface area contributed by atoms with E-state index in [1.54, 1.807) is 0 Å². The largest absolute Gasteiger partial charge is 0.322 e. The molecule has 98 valence electrons. The van der Waals surface area contributed by atoms with Gasteiger partial charge in [-0.15, -0.1) is 0 Å². The van der Waals surface area contributed by atoms with Gasteiger partial charge in [-0.2, -0.15) is 0 Å². The van der Waals surface area contributed by atoms with Crippen LogP contribution in [0.1, 0.15) is 27.0 Å². The molecule has 0 saturated heterocycles. The maximum Gasteiger partial charge on any atom is 0.255 e. The lowest BCUT2D eigenvalue weighted by molar-refractivity contribution is 0.102. The third kappa shape index (κ3) is 3.35. The highest BCUT2D eigenvalue weighted by Gasteiger charge is 2.09. The minimum Gasteiger partial charge on any atom is -0.322 e. The van der Waals surface area contributed by atoms with Crippen molar-refractivity contribution >= 4 is 34.2 Å². The maximum atomic E-state index is 12.2. The number of rotatable bonds is 2. The van der Waals surface area contributed by atoms with Crippen molar-refractivity contribution < 1.29 is 4.79 Å². The summed E-state index contributed by atoms with van der Waals surface area (Å²) in [5.74, 6) is -0.0633. The van der Waals surface area contributed by atoms with E-state index >= 15 is 0 Å². The number of benzene rings is 2. The number of nitrogens with one attached hydrogen (secondary N) is 1. The van der Waals surface area contributed by atoms with E-state index in [1.165, 1.54) is 5.56 Å². The van der Waals surface area contributed by atoms with Gasteiger partial charge in [0.25, 0.3) is 5.91 Å². The smallest absolute Gasteiger partial charge is 0.255 e. The molecular formula is C16H16INO. The fourth-order valence-electron chi connectivity index (χ4n) is 1.80. The molecule has 19 heavy (non-hydrogen) atoms. The Bertz CT molecular complexity index is 635. The number of hydrogen-bond acceptors (Lipinski definition) is 1. The molecular weight excluding hydrogens is 349 g/mol. The number of carbonyl (C=O) groups excluding carboxylic acids is 1. The lowest BCUT2D eigenvalue weighted by Crippen LogP contribution is -2.13. The van der Waals surface area contributed by atoms with Crippen molar-refractivity contribution in [1.82, 2.24) is 0 Å². The number of halogens is 1. The first-order chi connectivity index (χ1) is 8.97. The van der Waals surface area contributed by atoms with Crippen molar-refractivity contribution in [3.05, 3.63) is 62.2 Å². The molecule has 2 aromatic carbocycles. The van der Waals surface area contributed by atoms with Gasteiger partial charge in [0, 0.05) is 14.8 Å². The topological polar surface area (TPSA) is 29.1 Å². The van der Waals surface area contributed by atoms with Crippen LogP contribution in [0.25, 0.3) is 0 Å². The average molecular weight is 365 g/mol. The van der Waals surface area contributed by atoms with Gasteiger partial charge in [0.2, 0.25) is 0 Å². The summed E-state index contributed by atoms with van der Waals surface area (Å²) in [6.07, 6.45) is 0. The van der Waals surface area contributed by atoms with Gasteiger partial charge in [0.15, 0.2) is 0 Å². The monoisotopic (exact) mass is 365 g/mol. The minimum absolute atomic E-state index is 0.0633. The molecule has 0 bridgehead atoms. The fourth-order valence-corrected chi connectivity index (χ4v) is 2.31. The molecule has 2 rings (SSSR count). The number of hydrogen-bond donors (Lipinski definition) is 1. The van der Waals surface area contributed by atoms with Gasteiger partial charge in [-0.3, -0.25) is 4.79 Å². The SMILES string of the molecule is Cc1ccc(C)c(NC(=O)c2ccc(C)c(I)c2)c1. The Kier molecular flexibility index (Phi) is 4.24. The quantitative estimate of drug-likeness (QED) is 0.782. The van der Waals surface area contributed by atoms with E-state index < -0.39 is 0 Å². The Morgan fingerprint density at radius 3 is 2.37 bits per heavy atom. The van der Waals surface area contributed by atoms with Crippen molar-refractivity contribution in [3.8, 4) is 0 Å². The van der Waals surface area contributed by atoms with Crippen molar-refractivity contribution in [2.24, 2.45) is 0 Å². The molecule has 0 aliphatic carbocycles. The van der Waals surface area contributed by atoms with Crippen molar-refractivity contribution in [1.29, 1.82) is 0 Å². The second-order valence-corrected chi connectivity index (χ2v) is 5.90. The van der Waals surface area contributed by atoms with E-state index in [4.69, 9.17) is 0 Å². The van der Waals surface area contributed by atoms with Gasteiger partial charge in [-0.05, 0) is 78.3 Å². The predicted molar refractivity (Wildman–Crippen MR) is 87.8 cm³/mol. The van der Waals surface area contributed by atoms with E-state index in [9.17, 15) is 4.79 Å². The second kappa shape index (κ2) is 5.74. The molecule has 1 amide bonds.